The molecule has 0 atom stereocenters. The molecule has 23 aromatic rings. The Kier molecular flexibility index (Phi) is 57.0. The Morgan fingerprint density at radius 3 is 1.13 bits per heavy atom. The van der Waals surface area contributed by atoms with Crippen LogP contribution in [-0.2, 0) is 42.3 Å². The highest BCUT2D eigenvalue weighted by Crippen LogP contribution is 2.42. The standard InChI is InChI=1S/4C18H15N2O.C17H15N2.C17H17N2.14C2H6/c1-12-8-9-13-14-6-5-10-19-18(14)21-17(13)16(12)15-7-3-4-11-20(15)2;1-12-8-9-13-17-15(7-5-10-19-17)21-18(13)16(12)14-6-3-4-11-20(14)2;1-12-6-7-14-13-8-9-19-11-16(13)21-18(14)17(12)15-5-3-4-10-20(15)2;1-12-6-7-13-14-11-19-9-8-16(14)21-18(13)17(12)15-5-3-4-10-20(15)2;1-12-6-5-8-14-13-7-3-4-9-15(13)19-11-10-18(2)17(19)16(12)14;1-14-8-6-7-11-16(14)17-18(2)12-13-19(17)15-9-4-3-5-10-15;14*1-2/h4*3-11H,1-2H3;3-11H,1-2H3;3-13H,1-2H3;14*1-2H3/q6*+1;;;;;;;;;;;;;;. The van der Waals surface area contributed by atoms with E-state index in [1.807, 2.05) is 261 Å². The fourth-order valence-corrected chi connectivity index (χ4v) is 17.0. The molecule has 15 aromatic heterocycles. The number of fused-ring (bicyclic) bond motifs is 18. The molecule has 0 unspecified atom stereocenters. The van der Waals surface area contributed by atoms with Crippen LogP contribution in [0.4, 0.5) is 0 Å². The van der Waals surface area contributed by atoms with Crippen LogP contribution in [0.3, 0.4) is 0 Å². The van der Waals surface area contributed by atoms with Crippen molar-refractivity contribution in [3.05, 3.63) is 375 Å². The van der Waals surface area contributed by atoms with E-state index in [1.165, 1.54) is 77.8 Å². The Balaban J connectivity index is 0.000000357. The van der Waals surface area contributed by atoms with Crippen LogP contribution < -0.4 is 27.4 Å². The number of aryl methyl sites for hydroxylation is 12. The second kappa shape index (κ2) is 67.4. The molecular formula is C134H176N12O4+6. The summed E-state index contributed by atoms with van der Waals surface area (Å²) in [6.45, 7) is 68.8. The molecule has 790 valence electrons. The van der Waals surface area contributed by atoms with Crippen molar-refractivity contribution in [2.24, 2.45) is 42.3 Å². The maximum absolute atomic E-state index is 6.12. The van der Waals surface area contributed by atoms with E-state index in [2.05, 4.69) is 384 Å². The van der Waals surface area contributed by atoms with Crippen molar-refractivity contribution >= 4 is 115 Å². The number of hydrogen-bond acceptors (Lipinski definition) is 8. The number of pyridine rings is 9. The van der Waals surface area contributed by atoms with Crippen LogP contribution >= 0.6 is 0 Å². The summed E-state index contributed by atoms with van der Waals surface area (Å²) in [6.07, 6.45) is 27.4. The average molecular weight is 2020 g/mol. The van der Waals surface area contributed by atoms with Crippen LogP contribution in [0.5, 0.6) is 0 Å². The van der Waals surface area contributed by atoms with Gasteiger partial charge >= 0.3 is 0 Å². The summed E-state index contributed by atoms with van der Waals surface area (Å²) in [5, 5.41) is 11.6. The van der Waals surface area contributed by atoms with Crippen molar-refractivity contribution in [1.29, 1.82) is 0 Å². The van der Waals surface area contributed by atoms with E-state index in [-0.39, 0.29) is 0 Å². The first kappa shape index (κ1) is 127. The molecule has 0 aliphatic rings. The average Bonchev–Trinajstić information content (AvgIpc) is 1.54. The van der Waals surface area contributed by atoms with Gasteiger partial charge in [-0.15, -0.1) is 0 Å². The summed E-state index contributed by atoms with van der Waals surface area (Å²) < 4.78 is 41.7. The van der Waals surface area contributed by atoms with Crippen molar-refractivity contribution in [3.8, 4) is 62.1 Å². The van der Waals surface area contributed by atoms with E-state index in [1.54, 1.807) is 31.0 Å². The number of rotatable bonds is 6. The molecule has 8 aromatic carbocycles. The Labute approximate surface area is 898 Å². The van der Waals surface area contributed by atoms with Crippen molar-refractivity contribution in [2.45, 2.75) is 235 Å². The van der Waals surface area contributed by atoms with Crippen LogP contribution in [0.25, 0.3) is 177 Å². The van der Waals surface area contributed by atoms with Crippen LogP contribution in [0, 0.1) is 41.5 Å². The summed E-state index contributed by atoms with van der Waals surface area (Å²) in [5.74, 6) is 1.20. The lowest BCUT2D eigenvalue weighted by Gasteiger charge is -2.06. The third-order valence-corrected chi connectivity index (χ3v) is 23.1. The van der Waals surface area contributed by atoms with Crippen molar-refractivity contribution in [1.82, 2.24) is 28.9 Å². The molecule has 16 heteroatoms. The molecule has 0 radical (unpaired) electrons. The van der Waals surface area contributed by atoms with Gasteiger partial charge in [-0.3, -0.25) is 15.0 Å². The normalized spacial score (nSPS) is 9.73. The van der Waals surface area contributed by atoms with Gasteiger partial charge in [0.2, 0.25) is 28.5 Å². The largest absolute Gasteiger partial charge is 0.455 e. The second-order valence-electron chi connectivity index (χ2n) is 31.1. The van der Waals surface area contributed by atoms with Crippen LogP contribution in [0.2, 0.25) is 0 Å². The molecular weight excluding hydrogens is 1840 g/mol. The van der Waals surface area contributed by atoms with Gasteiger partial charge in [0.1, 0.15) is 86.4 Å². The molecule has 0 N–H and O–H groups in total. The number of nitrogens with zero attached hydrogens (tertiary/aromatic N) is 12. The van der Waals surface area contributed by atoms with Gasteiger partial charge in [0.05, 0.1) is 53.5 Å². The fraction of sp³-hybridized carbons (Fsp3) is 0.299. The van der Waals surface area contributed by atoms with Gasteiger partial charge in [-0.2, -0.15) is 8.97 Å². The van der Waals surface area contributed by atoms with Gasteiger partial charge in [0.25, 0.3) is 11.5 Å². The van der Waals surface area contributed by atoms with E-state index < -0.39 is 0 Å². The topological polar surface area (TPSA) is 137 Å². The molecule has 0 bridgehead atoms. The lowest BCUT2D eigenvalue weighted by molar-refractivity contribution is -0.660. The number of furan rings is 4. The molecule has 0 aliphatic carbocycles. The Bertz CT molecular complexity index is 7260. The third-order valence-electron chi connectivity index (χ3n) is 23.1. The number of aromatic nitrogens is 12. The van der Waals surface area contributed by atoms with Crippen molar-refractivity contribution < 1.29 is 45.1 Å². The molecule has 15 heterocycles. The molecule has 0 aliphatic heterocycles. The first-order valence-electron chi connectivity index (χ1n) is 54.9. The highest BCUT2D eigenvalue weighted by atomic mass is 16.3. The number of hydrogen-bond donors (Lipinski definition) is 0. The van der Waals surface area contributed by atoms with Gasteiger partial charge in [-0.25, -0.2) is 32.4 Å². The summed E-state index contributed by atoms with van der Waals surface area (Å²) in [5.41, 5.74) is 29.3. The van der Waals surface area contributed by atoms with E-state index in [4.69, 9.17) is 17.7 Å². The lowest BCUT2D eigenvalue weighted by Crippen LogP contribution is -2.30. The first-order valence-corrected chi connectivity index (χ1v) is 54.9. The predicted molar refractivity (Wildman–Crippen MR) is 646 cm³/mol. The smallest absolute Gasteiger partial charge is 0.294 e. The van der Waals surface area contributed by atoms with Crippen LogP contribution in [-0.4, -0.2) is 28.9 Å². The van der Waals surface area contributed by atoms with E-state index in [0.717, 1.165) is 127 Å². The number of imidazole rings is 2. The Morgan fingerprint density at radius 2 is 0.627 bits per heavy atom. The molecule has 0 saturated heterocycles. The van der Waals surface area contributed by atoms with Crippen molar-refractivity contribution in [3.63, 3.8) is 0 Å². The molecule has 150 heavy (non-hydrogen) atoms. The Hall–Kier alpha value is -15.4. The SMILES string of the molecule is CC.CC.CC.CC.CC.CC.CC.CC.CC.CC.CC.CC.CC.CC.Cc1ccc2c(oc3cccnc32)c1-c1cccc[n+]1C.Cc1ccc2c(oc3ccncc32)c1-c1cccc[n+]1C.Cc1ccc2c(oc3cnccc32)c1-c1cccc[n+]1C.Cc1ccc2c(oc3ncccc32)c1-c1cccc[n+]1C.Cc1cccc2c3ccccc3n3cc[n+](C)c3c12.Cc1ccccc1-c1n(-c2ccccc2)cc[n+]1C. The minimum absolute atomic E-state index is 0.693. The molecule has 0 amide bonds. The minimum atomic E-state index is 0.693. The van der Waals surface area contributed by atoms with E-state index >= 15 is 0 Å². The van der Waals surface area contributed by atoms with Gasteiger partial charge in [-0.1, -0.05) is 309 Å². The van der Waals surface area contributed by atoms with Gasteiger partial charge in [-0.05, 0) is 166 Å². The molecule has 23 rings (SSSR count). The van der Waals surface area contributed by atoms with Gasteiger partial charge < -0.3 is 17.7 Å². The van der Waals surface area contributed by atoms with Crippen LogP contribution in [0.15, 0.2) is 359 Å². The number of para-hydroxylation sites is 2. The summed E-state index contributed by atoms with van der Waals surface area (Å²) in [7, 11) is 12.4. The van der Waals surface area contributed by atoms with Crippen LogP contribution in [0.1, 0.15) is 227 Å². The molecule has 0 fully saturated rings. The summed E-state index contributed by atoms with van der Waals surface area (Å²) in [6, 6.07) is 87.7. The maximum Gasteiger partial charge on any atom is 0.294 e. The maximum atomic E-state index is 6.12. The Morgan fingerprint density at radius 1 is 0.240 bits per heavy atom. The van der Waals surface area contributed by atoms with Gasteiger partial charge in [0, 0.05) is 128 Å². The second-order valence-corrected chi connectivity index (χ2v) is 31.1. The van der Waals surface area contributed by atoms with E-state index in [9.17, 15) is 0 Å². The van der Waals surface area contributed by atoms with E-state index in [0.29, 0.717) is 5.71 Å². The van der Waals surface area contributed by atoms with Gasteiger partial charge in [0.15, 0.2) is 47.1 Å². The highest BCUT2D eigenvalue weighted by molar-refractivity contribution is 6.14. The lowest BCUT2D eigenvalue weighted by atomic mass is 10.0. The third kappa shape index (κ3) is 29.6. The monoisotopic (exact) mass is 2020 g/mol. The first-order chi connectivity index (χ1) is 73.6. The molecule has 0 spiro atoms. The number of benzene rings is 8. The summed E-state index contributed by atoms with van der Waals surface area (Å²) in [4.78, 5) is 17.2. The zero-order valence-electron chi connectivity index (χ0n) is 98.3. The fourth-order valence-electron chi connectivity index (χ4n) is 17.0. The zero-order valence-corrected chi connectivity index (χ0v) is 98.3. The molecule has 16 nitrogen and oxygen atoms in total. The quantitative estimate of drug-likeness (QED) is 0.119. The predicted octanol–water partition coefficient (Wildman–Crippen LogP) is 36.1. The minimum Gasteiger partial charge on any atom is -0.455 e. The van der Waals surface area contributed by atoms with Crippen molar-refractivity contribution in [2.75, 3.05) is 0 Å². The molecule has 0 saturated carbocycles. The summed E-state index contributed by atoms with van der Waals surface area (Å²) >= 11 is 0. The highest BCUT2D eigenvalue weighted by Gasteiger charge is 2.27. The zero-order chi connectivity index (χ0) is 112.